The first kappa shape index (κ1) is 16.0. The zero-order valence-electron chi connectivity index (χ0n) is 12.4. The molecule has 0 aromatic carbocycles. The lowest BCUT2D eigenvalue weighted by molar-refractivity contribution is -0.125. The van der Waals surface area contributed by atoms with Gasteiger partial charge < -0.3 is 5.32 Å². The fraction of sp³-hybridized carbons (Fsp3) is 0.692. The van der Waals surface area contributed by atoms with Crippen molar-refractivity contribution in [3.8, 4) is 0 Å². The molecular formula is C13H22N4O3S. The summed E-state index contributed by atoms with van der Waals surface area (Å²) in [6.07, 6.45) is 5.97. The molecule has 2 rings (SSSR count). The highest BCUT2D eigenvalue weighted by molar-refractivity contribution is 7.89. The second kappa shape index (κ2) is 6.57. The Morgan fingerprint density at radius 3 is 2.90 bits per heavy atom. The SMILES string of the molecule is CCCn1cc(S(=O)(=O)N2CCCCC2C(=O)NC)cn1. The molecule has 1 aromatic heterocycles. The number of piperidine rings is 1. The summed E-state index contributed by atoms with van der Waals surface area (Å²) in [5, 5.41) is 6.62. The summed E-state index contributed by atoms with van der Waals surface area (Å²) >= 11 is 0. The van der Waals surface area contributed by atoms with E-state index < -0.39 is 16.1 Å². The number of hydrogen-bond donors (Lipinski definition) is 1. The van der Waals surface area contributed by atoms with Crippen molar-refractivity contribution in [2.24, 2.45) is 0 Å². The number of carbonyl (C=O) groups excluding carboxylic acids is 1. The fourth-order valence-corrected chi connectivity index (χ4v) is 4.20. The van der Waals surface area contributed by atoms with Gasteiger partial charge in [0.2, 0.25) is 15.9 Å². The van der Waals surface area contributed by atoms with Crippen molar-refractivity contribution in [2.45, 2.75) is 50.1 Å². The number of aromatic nitrogens is 2. The van der Waals surface area contributed by atoms with Crippen molar-refractivity contribution in [2.75, 3.05) is 13.6 Å². The van der Waals surface area contributed by atoms with E-state index in [-0.39, 0.29) is 10.8 Å². The number of aryl methyl sites for hydroxylation is 1. The second-order valence-electron chi connectivity index (χ2n) is 5.18. The minimum Gasteiger partial charge on any atom is -0.358 e. The van der Waals surface area contributed by atoms with Gasteiger partial charge >= 0.3 is 0 Å². The minimum absolute atomic E-state index is 0.159. The highest BCUT2D eigenvalue weighted by Gasteiger charge is 2.37. The Hall–Kier alpha value is -1.41. The third-order valence-corrected chi connectivity index (χ3v) is 5.53. The van der Waals surface area contributed by atoms with E-state index in [4.69, 9.17) is 0 Å². The van der Waals surface area contributed by atoms with Crippen LogP contribution in [-0.2, 0) is 21.4 Å². The van der Waals surface area contributed by atoms with E-state index in [2.05, 4.69) is 10.4 Å². The number of amides is 1. The summed E-state index contributed by atoms with van der Waals surface area (Å²) in [7, 11) is -2.15. The Morgan fingerprint density at radius 1 is 1.48 bits per heavy atom. The normalized spacial score (nSPS) is 20.4. The molecule has 0 radical (unpaired) electrons. The van der Waals surface area contributed by atoms with Crippen LogP contribution in [-0.4, -0.2) is 48.0 Å². The molecule has 1 unspecified atom stereocenters. The van der Waals surface area contributed by atoms with Crippen LogP contribution in [0, 0.1) is 0 Å². The third-order valence-electron chi connectivity index (χ3n) is 3.67. The number of hydrogen-bond acceptors (Lipinski definition) is 4. The minimum atomic E-state index is -3.67. The van der Waals surface area contributed by atoms with E-state index in [1.807, 2.05) is 6.92 Å². The van der Waals surface area contributed by atoms with E-state index in [1.165, 1.54) is 23.7 Å². The van der Waals surface area contributed by atoms with E-state index in [0.717, 1.165) is 19.3 Å². The van der Waals surface area contributed by atoms with Gasteiger partial charge in [-0.25, -0.2) is 8.42 Å². The predicted octanol–water partition coefficient (Wildman–Crippen LogP) is 0.582. The molecule has 7 nitrogen and oxygen atoms in total. The lowest BCUT2D eigenvalue weighted by atomic mass is 10.0. The number of sulfonamides is 1. The summed E-state index contributed by atoms with van der Waals surface area (Å²) in [4.78, 5) is 12.1. The smallest absolute Gasteiger partial charge is 0.246 e. The lowest BCUT2D eigenvalue weighted by Gasteiger charge is -2.32. The molecule has 0 bridgehead atoms. The summed E-state index contributed by atoms with van der Waals surface area (Å²) in [6.45, 7) is 3.05. The molecule has 1 amide bonds. The quantitative estimate of drug-likeness (QED) is 0.862. The molecule has 1 saturated heterocycles. The lowest BCUT2D eigenvalue weighted by Crippen LogP contribution is -2.51. The van der Waals surface area contributed by atoms with Crippen LogP contribution in [0.2, 0.25) is 0 Å². The van der Waals surface area contributed by atoms with Gasteiger partial charge in [0.1, 0.15) is 10.9 Å². The zero-order chi connectivity index (χ0) is 15.5. The van der Waals surface area contributed by atoms with Crippen LogP contribution in [0.1, 0.15) is 32.6 Å². The van der Waals surface area contributed by atoms with Crippen molar-refractivity contribution < 1.29 is 13.2 Å². The van der Waals surface area contributed by atoms with Gasteiger partial charge in [-0.05, 0) is 19.3 Å². The summed E-state index contributed by atoms with van der Waals surface area (Å²) in [5.74, 6) is -0.251. The second-order valence-corrected chi connectivity index (χ2v) is 7.07. The molecule has 1 aliphatic rings. The highest BCUT2D eigenvalue weighted by atomic mass is 32.2. The number of likely N-dealkylation sites (N-methyl/N-ethyl adjacent to an activating group) is 1. The van der Waals surface area contributed by atoms with Gasteiger partial charge in [-0.15, -0.1) is 0 Å². The van der Waals surface area contributed by atoms with Gasteiger partial charge in [0.15, 0.2) is 0 Å². The summed E-state index contributed by atoms with van der Waals surface area (Å²) in [5.41, 5.74) is 0. The largest absolute Gasteiger partial charge is 0.358 e. The Bertz CT molecular complexity index is 596. The highest BCUT2D eigenvalue weighted by Crippen LogP contribution is 2.25. The molecule has 21 heavy (non-hydrogen) atoms. The van der Waals surface area contributed by atoms with Crippen molar-refractivity contribution in [3.63, 3.8) is 0 Å². The average molecular weight is 314 g/mol. The monoisotopic (exact) mass is 314 g/mol. The molecule has 2 heterocycles. The maximum absolute atomic E-state index is 12.7. The first-order valence-electron chi connectivity index (χ1n) is 7.26. The van der Waals surface area contributed by atoms with Crippen molar-refractivity contribution in [1.29, 1.82) is 0 Å². The molecule has 118 valence electrons. The Kier molecular flexibility index (Phi) is 5.00. The van der Waals surface area contributed by atoms with Crippen LogP contribution in [0.3, 0.4) is 0 Å². The van der Waals surface area contributed by atoms with Crippen LogP contribution < -0.4 is 5.32 Å². The molecule has 1 fully saturated rings. The van der Waals surface area contributed by atoms with Crippen LogP contribution >= 0.6 is 0 Å². The number of carbonyl (C=O) groups is 1. The van der Waals surface area contributed by atoms with Crippen molar-refractivity contribution in [1.82, 2.24) is 19.4 Å². The van der Waals surface area contributed by atoms with E-state index in [0.29, 0.717) is 19.5 Å². The standard InChI is InChI=1S/C13H22N4O3S/c1-3-7-16-10-11(9-15-16)21(19,20)17-8-5-4-6-12(17)13(18)14-2/h9-10,12H,3-8H2,1-2H3,(H,14,18). The van der Waals surface area contributed by atoms with Crippen LogP contribution in [0.5, 0.6) is 0 Å². The Morgan fingerprint density at radius 2 is 2.24 bits per heavy atom. The molecule has 0 aliphatic carbocycles. The van der Waals surface area contributed by atoms with E-state index in [1.54, 1.807) is 4.68 Å². The maximum atomic E-state index is 12.7. The van der Waals surface area contributed by atoms with Gasteiger partial charge in [0.25, 0.3) is 0 Å². The Labute approximate surface area is 125 Å². The molecule has 0 spiro atoms. The zero-order valence-corrected chi connectivity index (χ0v) is 13.3. The molecule has 1 atom stereocenters. The first-order chi connectivity index (χ1) is 10.0. The molecule has 8 heteroatoms. The van der Waals surface area contributed by atoms with Gasteiger partial charge in [0, 0.05) is 26.3 Å². The van der Waals surface area contributed by atoms with E-state index >= 15 is 0 Å². The maximum Gasteiger partial charge on any atom is 0.246 e. The van der Waals surface area contributed by atoms with Gasteiger partial charge in [-0.3, -0.25) is 9.48 Å². The topological polar surface area (TPSA) is 84.3 Å². The molecular weight excluding hydrogens is 292 g/mol. The molecule has 1 aliphatic heterocycles. The fourth-order valence-electron chi connectivity index (χ4n) is 2.59. The van der Waals surface area contributed by atoms with Crippen molar-refractivity contribution in [3.05, 3.63) is 12.4 Å². The summed E-state index contributed by atoms with van der Waals surface area (Å²) < 4.78 is 28.4. The van der Waals surface area contributed by atoms with Gasteiger partial charge in [-0.2, -0.15) is 9.40 Å². The summed E-state index contributed by atoms with van der Waals surface area (Å²) in [6, 6.07) is -0.622. The number of nitrogens with one attached hydrogen (secondary N) is 1. The number of rotatable bonds is 5. The number of nitrogens with zero attached hydrogens (tertiary/aromatic N) is 3. The molecule has 1 N–H and O–H groups in total. The molecule has 1 aromatic rings. The average Bonchev–Trinajstić information content (AvgIpc) is 2.96. The van der Waals surface area contributed by atoms with Gasteiger partial charge in [0.05, 0.1) is 6.20 Å². The van der Waals surface area contributed by atoms with Crippen LogP contribution in [0.25, 0.3) is 0 Å². The van der Waals surface area contributed by atoms with Crippen LogP contribution in [0.4, 0.5) is 0 Å². The Balaban J connectivity index is 2.28. The predicted molar refractivity (Wildman–Crippen MR) is 78.1 cm³/mol. The van der Waals surface area contributed by atoms with Crippen molar-refractivity contribution >= 4 is 15.9 Å². The van der Waals surface area contributed by atoms with E-state index in [9.17, 15) is 13.2 Å². The molecule has 0 saturated carbocycles. The van der Waals surface area contributed by atoms with Gasteiger partial charge in [-0.1, -0.05) is 13.3 Å². The van der Waals surface area contributed by atoms with Crippen LogP contribution in [0.15, 0.2) is 17.3 Å². The first-order valence-corrected chi connectivity index (χ1v) is 8.70. The third kappa shape index (κ3) is 3.26.